The van der Waals surface area contributed by atoms with Crippen LogP contribution < -0.4 is 0 Å². The molecule has 2 saturated carbocycles. The molecule has 0 nitrogen and oxygen atoms in total. The zero-order valence-corrected chi connectivity index (χ0v) is 15.2. The summed E-state index contributed by atoms with van der Waals surface area (Å²) >= 11 is 0. The second-order valence-corrected chi connectivity index (χ2v) is 9.21. The SMILES string of the molecule is CCC(C(C)C)C1C(C=C(C)C)C2C1C(C)(C)C2(C)C. The Labute approximate surface area is 127 Å². The van der Waals surface area contributed by atoms with Crippen molar-refractivity contribution >= 4 is 0 Å². The summed E-state index contributed by atoms with van der Waals surface area (Å²) in [6.07, 6.45) is 3.95. The molecule has 5 unspecified atom stereocenters. The van der Waals surface area contributed by atoms with E-state index in [-0.39, 0.29) is 0 Å². The predicted octanol–water partition coefficient (Wildman–Crippen LogP) is 6.18. The quantitative estimate of drug-likeness (QED) is 0.538. The molecule has 20 heavy (non-hydrogen) atoms. The van der Waals surface area contributed by atoms with Gasteiger partial charge in [-0.1, -0.05) is 66.5 Å². The van der Waals surface area contributed by atoms with Crippen LogP contribution in [-0.4, -0.2) is 0 Å². The lowest BCUT2D eigenvalue weighted by Crippen LogP contribution is -2.74. The lowest BCUT2D eigenvalue weighted by Gasteiger charge is -2.78. The van der Waals surface area contributed by atoms with Gasteiger partial charge in [-0.2, -0.15) is 0 Å². The molecule has 0 radical (unpaired) electrons. The van der Waals surface area contributed by atoms with Gasteiger partial charge in [-0.05, 0) is 60.2 Å². The summed E-state index contributed by atoms with van der Waals surface area (Å²) in [5, 5.41) is 0. The Morgan fingerprint density at radius 1 is 1.00 bits per heavy atom. The number of allylic oxidation sites excluding steroid dienone is 2. The van der Waals surface area contributed by atoms with Gasteiger partial charge in [0.1, 0.15) is 0 Å². The Morgan fingerprint density at radius 2 is 1.50 bits per heavy atom. The highest BCUT2D eigenvalue weighted by Gasteiger charge is 2.73. The van der Waals surface area contributed by atoms with E-state index in [4.69, 9.17) is 0 Å². The van der Waals surface area contributed by atoms with E-state index >= 15 is 0 Å². The summed E-state index contributed by atoms with van der Waals surface area (Å²) in [7, 11) is 0. The third-order valence-corrected chi connectivity index (χ3v) is 7.34. The molecular weight excluding hydrogens is 240 g/mol. The van der Waals surface area contributed by atoms with Crippen LogP contribution >= 0.6 is 0 Å². The van der Waals surface area contributed by atoms with Gasteiger partial charge in [0.15, 0.2) is 0 Å². The maximum atomic E-state index is 2.61. The van der Waals surface area contributed by atoms with Gasteiger partial charge in [0.2, 0.25) is 0 Å². The molecule has 0 saturated heterocycles. The molecule has 5 atom stereocenters. The van der Waals surface area contributed by atoms with E-state index in [1.807, 2.05) is 0 Å². The molecule has 0 N–H and O–H groups in total. The van der Waals surface area contributed by atoms with E-state index in [0.29, 0.717) is 10.8 Å². The predicted molar refractivity (Wildman–Crippen MR) is 89.6 cm³/mol. The maximum absolute atomic E-state index is 2.61. The molecular formula is C20H36. The molecule has 116 valence electrons. The summed E-state index contributed by atoms with van der Waals surface area (Å²) in [5.74, 6) is 5.34. The van der Waals surface area contributed by atoms with Gasteiger partial charge >= 0.3 is 0 Å². The summed E-state index contributed by atoms with van der Waals surface area (Å²) in [5.41, 5.74) is 2.52. The van der Waals surface area contributed by atoms with Gasteiger partial charge in [0.25, 0.3) is 0 Å². The van der Waals surface area contributed by atoms with Gasteiger partial charge in [0.05, 0.1) is 0 Å². The van der Waals surface area contributed by atoms with Crippen molar-refractivity contribution in [2.24, 2.45) is 46.3 Å². The van der Waals surface area contributed by atoms with Crippen LogP contribution in [0.25, 0.3) is 0 Å². The summed E-state index contributed by atoms with van der Waals surface area (Å²) < 4.78 is 0. The molecule has 0 aromatic rings. The van der Waals surface area contributed by atoms with Crippen LogP contribution in [0.4, 0.5) is 0 Å². The van der Waals surface area contributed by atoms with Crippen molar-refractivity contribution in [1.82, 2.24) is 0 Å². The minimum Gasteiger partial charge on any atom is -0.0822 e. The number of fused-ring (bicyclic) bond motifs is 1. The maximum Gasteiger partial charge on any atom is -0.0160 e. The Balaban J connectivity index is 2.33. The van der Waals surface area contributed by atoms with Crippen LogP contribution in [0.2, 0.25) is 0 Å². The summed E-state index contributed by atoms with van der Waals surface area (Å²) in [6, 6.07) is 0. The fourth-order valence-electron chi connectivity index (χ4n) is 5.77. The highest BCUT2D eigenvalue weighted by atomic mass is 14.8. The summed E-state index contributed by atoms with van der Waals surface area (Å²) in [6.45, 7) is 21.9. The molecule has 0 bridgehead atoms. The van der Waals surface area contributed by atoms with E-state index < -0.39 is 0 Å². The molecule has 2 aliphatic carbocycles. The molecule has 0 spiro atoms. The van der Waals surface area contributed by atoms with Crippen LogP contribution in [0.3, 0.4) is 0 Å². The van der Waals surface area contributed by atoms with Crippen molar-refractivity contribution in [2.75, 3.05) is 0 Å². The third kappa shape index (κ3) is 1.93. The van der Waals surface area contributed by atoms with Gasteiger partial charge in [-0.15, -0.1) is 0 Å². The van der Waals surface area contributed by atoms with Gasteiger partial charge in [0, 0.05) is 0 Å². The standard InChI is InChI=1S/C20H36/c1-10-14(13(4)5)16-15(11-12(2)3)17-18(16)20(8,9)19(17,6)7/h11,13-18H,10H2,1-9H3. The zero-order valence-electron chi connectivity index (χ0n) is 15.2. The summed E-state index contributed by atoms with van der Waals surface area (Å²) in [4.78, 5) is 0. The number of hydrogen-bond acceptors (Lipinski definition) is 0. The van der Waals surface area contributed by atoms with E-state index in [1.54, 1.807) is 0 Å². The number of hydrogen-bond donors (Lipinski definition) is 0. The van der Waals surface area contributed by atoms with Crippen LogP contribution in [0.5, 0.6) is 0 Å². The first-order valence-electron chi connectivity index (χ1n) is 8.72. The van der Waals surface area contributed by atoms with Crippen LogP contribution in [0.15, 0.2) is 11.6 Å². The molecule has 2 fully saturated rings. The van der Waals surface area contributed by atoms with E-state index in [9.17, 15) is 0 Å². The first-order chi connectivity index (χ1) is 9.07. The van der Waals surface area contributed by atoms with Crippen molar-refractivity contribution in [3.8, 4) is 0 Å². The first kappa shape index (κ1) is 16.1. The second-order valence-electron chi connectivity index (χ2n) is 9.21. The lowest BCUT2D eigenvalue weighted by molar-refractivity contribution is -0.301. The van der Waals surface area contributed by atoms with E-state index in [0.717, 1.165) is 35.5 Å². The monoisotopic (exact) mass is 276 g/mol. The lowest BCUT2D eigenvalue weighted by atomic mass is 9.26. The molecule has 0 heteroatoms. The third-order valence-electron chi connectivity index (χ3n) is 7.34. The van der Waals surface area contributed by atoms with Crippen LogP contribution in [0, 0.1) is 46.3 Å². The van der Waals surface area contributed by atoms with E-state index in [1.165, 1.54) is 12.0 Å². The normalized spacial score (nSPS) is 38.5. The Kier molecular flexibility index (Phi) is 3.94. The average Bonchev–Trinajstić information content (AvgIpc) is 2.28. The molecule has 0 aromatic carbocycles. The van der Waals surface area contributed by atoms with Gasteiger partial charge in [-0.3, -0.25) is 0 Å². The Hall–Kier alpha value is -0.260. The smallest absolute Gasteiger partial charge is 0.0160 e. The molecule has 2 rings (SSSR count). The Morgan fingerprint density at radius 3 is 1.90 bits per heavy atom. The fourth-order valence-corrected chi connectivity index (χ4v) is 5.77. The van der Waals surface area contributed by atoms with Gasteiger partial charge < -0.3 is 0 Å². The number of rotatable bonds is 4. The van der Waals surface area contributed by atoms with Crippen molar-refractivity contribution < 1.29 is 0 Å². The molecule has 0 heterocycles. The first-order valence-corrected chi connectivity index (χ1v) is 8.72. The molecule has 2 aliphatic rings. The molecule has 0 amide bonds. The largest absolute Gasteiger partial charge is 0.0822 e. The van der Waals surface area contributed by atoms with Crippen molar-refractivity contribution in [1.29, 1.82) is 0 Å². The van der Waals surface area contributed by atoms with Crippen LogP contribution in [0.1, 0.15) is 68.7 Å². The highest BCUT2D eigenvalue weighted by molar-refractivity contribution is 5.25. The fraction of sp³-hybridized carbons (Fsp3) is 0.900. The van der Waals surface area contributed by atoms with E-state index in [2.05, 4.69) is 68.4 Å². The molecule has 0 aromatic heterocycles. The van der Waals surface area contributed by atoms with Crippen molar-refractivity contribution in [3.63, 3.8) is 0 Å². The van der Waals surface area contributed by atoms with Crippen molar-refractivity contribution in [2.45, 2.75) is 68.7 Å². The minimum absolute atomic E-state index is 0.500. The highest BCUT2D eigenvalue weighted by Crippen LogP contribution is 2.78. The zero-order chi connectivity index (χ0) is 15.5. The Bertz CT molecular complexity index is 392. The van der Waals surface area contributed by atoms with Crippen LogP contribution in [-0.2, 0) is 0 Å². The minimum atomic E-state index is 0.500. The van der Waals surface area contributed by atoms with Crippen molar-refractivity contribution in [3.05, 3.63) is 11.6 Å². The second kappa shape index (κ2) is 4.89. The van der Waals surface area contributed by atoms with Gasteiger partial charge in [-0.25, -0.2) is 0 Å². The average molecular weight is 277 g/mol. The molecule has 0 aliphatic heterocycles. The topological polar surface area (TPSA) is 0 Å².